The van der Waals surface area contributed by atoms with Gasteiger partial charge in [0.05, 0.1) is 18.8 Å². The minimum Gasteiger partial charge on any atom is -0.495 e. The van der Waals surface area contributed by atoms with Crippen molar-refractivity contribution in [2.45, 2.75) is 19.5 Å². The van der Waals surface area contributed by atoms with Crippen LogP contribution in [0.4, 0.5) is 5.69 Å². The van der Waals surface area contributed by atoms with Crippen molar-refractivity contribution in [1.29, 1.82) is 0 Å². The molecule has 0 aliphatic carbocycles. The number of piperazine rings is 1. The first-order valence-corrected chi connectivity index (χ1v) is 9.12. The Bertz CT molecular complexity index is 712. The minimum absolute atomic E-state index is 0.0830. The van der Waals surface area contributed by atoms with Crippen LogP contribution >= 0.6 is 0 Å². The highest BCUT2D eigenvalue weighted by Gasteiger charge is 2.26. The molecule has 0 spiro atoms. The first kappa shape index (κ1) is 18.3. The van der Waals surface area contributed by atoms with E-state index in [0.717, 1.165) is 43.2 Å². The van der Waals surface area contributed by atoms with Gasteiger partial charge in [0.25, 0.3) is 0 Å². The molecule has 0 bridgehead atoms. The number of hydrogen-bond donors (Lipinski definition) is 1. The number of ether oxygens (including phenoxy) is 1. The Morgan fingerprint density at radius 3 is 2.38 bits per heavy atom. The zero-order valence-corrected chi connectivity index (χ0v) is 15.5. The Morgan fingerprint density at radius 1 is 1.04 bits per heavy atom. The predicted molar refractivity (Wildman–Crippen MR) is 105 cm³/mol. The summed E-state index contributed by atoms with van der Waals surface area (Å²) in [5.74, 6) is 0.981. The van der Waals surface area contributed by atoms with Crippen LogP contribution in [0.5, 0.6) is 5.75 Å². The first-order chi connectivity index (χ1) is 12.7. The predicted octanol–water partition coefficient (Wildman–Crippen LogP) is 2.52. The molecule has 1 aliphatic rings. The summed E-state index contributed by atoms with van der Waals surface area (Å²) < 4.78 is 5.47. The lowest BCUT2D eigenvalue weighted by Gasteiger charge is -2.38. The number of methoxy groups -OCH3 is 1. The molecule has 1 amide bonds. The smallest absolute Gasteiger partial charge is 0.237 e. The van der Waals surface area contributed by atoms with Gasteiger partial charge in [-0.3, -0.25) is 9.69 Å². The van der Waals surface area contributed by atoms with Gasteiger partial charge in [0.15, 0.2) is 0 Å². The van der Waals surface area contributed by atoms with Crippen LogP contribution in [0.15, 0.2) is 54.6 Å². The Labute approximate surface area is 155 Å². The lowest BCUT2D eigenvalue weighted by molar-refractivity contribution is -0.126. The molecule has 2 aromatic rings. The third kappa shape index (κ3) is 4.35. The van der Waals surface area contributed by atoms with Crippen LogP contribution in [0.1, 0.15) is 12.5 Å². The number of rotatable bonds is 6. The average molecular weight is 353 g/mol. The normalized spacial score (nSPS) is 16.2. The molecule has 1 atom stereocenters. The molecule has 1 saturated heterocycles. The summed E-state index contributed by atoms with van der Waals surface area (Å²) >= 11 is 0. The van der Waals surface area contributed by atoms with E-state index in [-0.39, 0.29) is 11.9 Å². The van der Waals surface area contributed by atoms with E-state index in [4.69, 9.17) is 4.74 Å². The summed E-state index contributed by atoms with van der Waals surface area (Å²) in [6, 6.07) is 18.0. The number of carbonyl (C=O) groups is 1. The molecule has 0 saturated carbocycles. The molecule has 2 aromatic carbocycles. The monoisotopic (exact) mass is 353 g/mol. The Hall–Kier alpha value is -2.53. The number of nitrogens with one attached hydrogen (secondary N) is 1. The molecule has 138 valence electrons. The van der Waals surface area contributed by atoms with Crippen molar-refractivity contribution in [2.24, 2.45) is 0 Å². The molecular formula is C21H27N3O2. The molecule has 0 radical (unpaired) electrons. The van der Waals surface area contributed by atoms with Crippen molar-refractivity contribution in [3.05, 3.63) is 60.2 Å². The molecule has 1 aliphatic heterocycles. The molecule has 26 heavy (non-hydrogen) atoms. The quantitative estimate of drug-likeness (QED) is 0.867. The van der Waals surface area contributed by atoms with Crippen LogP contribution in [0, 0.1) is 0 Å². The zero-order valence-electron chi connectivity index (χ0n) is 15.5. The molecule has 5 heteroatoms. The highest BCUT2D eigenvalue weighted by Crippen LogP contribution is 2.28. The van der Waals surface area contributed by atoms with Gasteiger partial charge in [0, 0.05) is 32.7 Å². The molecular weight excluding hydrogens is 326 g/mol. The number of hydrogen-bond acceptors (Lipinski definition) is 4. The summed E-state index contributed by atoms with van der Waals surface area (Å²) in [4.78, 5) is 17.0. The van der Waals surface area contributed by atoms with Gasteiger partial charge in [-0.2, -0.15) is 0 Å². The minimum atomic E-state index is -0.126. The first-order valence-electron chi connectivity index (χ1n) is 9.12. The molecule has 1 N–H and O–H groups in total. The zero-order chi connectivity index (χ0) is 18.4. The Kier molecular flexibility index (Phi) is 6.12. The maximum absolute atomic E-state index is 12.5. The van der Waals surface area contributed by atoms with Crippen molar-refractivity contribution in [3.63, 3.8) is 0 Å². The van der Waals surface area contributed by atoms with Crippen molar-refractivity contribution in [2.75, 3.05) is 38.2 Å². The second-order valence-corrected chi connectivity index (χ2v) is 6.57. The van der Waals surface area contributed by atoms with Crippen molar-refractivity contribution in [3.8, 4) is 5.75 Å². The third-order valence-corrected chi connectivity index (χ3v) is 4.98. The molecule has 1 fully saturated rings. The van der Waals surface area contributed by atoms with E-state index in [1.807, 2.05) is 55.5 Å². The van der Waals surface area contributed by atoms with Crippen molar-refractivity contribution in [1.82, 2.24) is 10.2 Å². The van der Waals surface area contributed by atoms with E-state index in [2.05, 4.69) is 21.2 Å². The van der Waals surface area contributed by atoms with E-state index >= 15 is 0 Å². The SMILES string of the molecule is COc1ccccc1N1CCN([C@H](C)C(=O)NCc2ccccc2)CC1. The lowest BCUT2D eigenvalue weighted by atomic mass is 10.1. The molecule has 0 unspecified atom stereocenters. The van der Waals surface area contributed by atoms with Gasteiger partial charge in [0.2, 0.25) is 5.91 Å². The largest absolute Gasteiger partial charge is 0.495 e. The summed E-state index contributed by atoms with van der Waals surface area (Å²) in [7, 11) is 1.70. The number of nitrogens with zero attached hydrogens (tertiary/aromatic N) is 2. The van der Waals surface area contributed by atoms with Crippen LogP contribution in [0.2, 0.25) is 0 Å². The maximum Gasteiger partial charge on any atom is 0.237 e. The second-order valence-electron chi connectivity index (χ2n) is 6.57. The number of amides is 1. The van der Waals surface area contributed by atoms with Crippen LogP contribution in [0.3, 0.4) is 0 Å². The van der Waals surface area contributed by atoms with Gasteiger partial charge < -0.3 is 15.0 Å². The van der Waals surface area contributed by atoms with Crippen molar-refractivity contribution < 1.29 is 9.53 Å². The third-order valence-electron chi connectivity index (χ3n) is 4.98. The number of anilines is 1. The van der Waals surface area contributed by atoms with E-state index in [9.17, 15) is 4.79 Å². The van der Waals surface area contributed by atoms with Gasteiger partial charge in [-0.1, -0.05) is 42.5 Å². The van der Waals surface area contributed by atoms with Crippen molar-refractivity contribution >= 4 is 11.6 Å². The van der Waals surface area contributed by atoms with Gasteiger partial charge in [-0.15, -0.1) is 0 Å². The second kappa shape index (κ2) is 8.72. The van der Waals surface area contributed by atoms with E-state index in [1.54, 1.807) is 7.11 Å². The fourth-order valence-corrected chi connectivity index (χ4v) is 3.34. The topological polar surface area (TPSA) is 44.8 Å². The summed E-state index contributed by atoms with van der Waals surface area (Å²) in [5.41, 5.74) is 2.24. The fraction of sp³-hybridized carbons (Fsp3) is 0.381. The van der Waals surface area contributed by atoms with Gasteiger partial charge in [-0.25, -0.2) is 0 Å². The number of benzene rings is 2. The summed E-state index contributed by atoms with van der Waals surface area (Å²) in [5, 5.41) is 3.04. The van der Waals surface area contributed by atoms with Crippen LogP contribution in [0.25, 0.3) is 0 Å². The molecule has 3 rings (SSSR count). The molecule has 5 nitrogen and oxygen atoms in total. The number of para-hydroxylation sites is 2. The highest BCUT2D eigenvalue weighted by atomic mass is 16.5. The molecule has 1 heterocycles. The average Bonchev–Trinajstić information content (AvgIpc) is 2.72. The van der Waals surface area contributed by atoms with Crippen LogP contribution in [-0.2, 0) is 11.3 Å². The Balaban J connectivity index is 1.51. The van der Waals surface area contributed by atoms with E-state index < -0.39 is 0 Å². The van der Waals surface area contributed by atoms with Gasteiger partial charge in [-0.05, 0) is 24.6 Å². The Morgan fingerprint density at radius 2 is 1.69 bits per heavy atom. The van der Waals surface area contributed by atoms with Crippen LogP contribution in [-0.4, -0.2) is 50.1 Å². The maximum atomic E-state index is 12.5. The van der Waals surface area contributed by atoms with E-state index in [1.165, 1.54) is 0 Å². The standard InChI is InChI=1S/C21H27N3O2/c1-17(21(25)22-16-18-8-4-3-5-9-18)23-12-14-24(15-13-23)19-10-6-7-11-20(19)26-2/h3-11,17H,12-16H2,1-2H3,(H,22,25)/t17-/m1/s1. The summed E-state index contributed by atoms with van der Waals surface area (Å²) in [6.07, 6.45) is 0. The van der Waals surface area contributed by atoms with Crippen LogP contribution < -0.4 is 15.0 Å². The van der Waals surface area contributed by atoms with E-state index in [0.29, 0.717) is 6.54 Å². The fourth-order valence-electron chi connectivity index (χ4n) is 3.34. The lowest BCUT2D eigenvalue weighted by Crippen LogP contribution is -2.53. The highest BCUT2D eigenvalue weighted by molar-refractivity contribution is 5.81. The molecule has 0 aromatic heterocycles. The van der Waals surface area contributed by atoms with Gasteiger partial charge >= 0.3 is 0 Å². The van der Waals surface area contributed by atoms with Gasteiger partial charge in [0.1, 0.15) is 5.75 Å². The number of carbonyl (C=O) groups excluding carboxylic acids is 1. The summed E-state index contributed by atoms with van der Waals surface area (Å²) in [6.45, 7) is 6.05.